The normalized spacial score (nSPS) is 10.2. The molecule has 2 N–H and O–H groups in total. The van der Waals surface area contributed by atoms with Crippen molar-refractivity contribution in [2.75, 3.05) is 17.2 Å². The summed E-state index contributed by atoms with van der Waals surface area (Å²) >= 11 is 0. The van der Waals surface area contributed by atoms with Crippen LogP contribution in [0.25, 0.3) is 0 Å². The summed E-state index contributed by atoms with van der Waals surface area (Å²) in [5.41, 5.74) is -0.104. The third kappa shape index (κ3) is 3.50. The zero-order chi connectivity index (χ0) is 14.5. The van der Waals surface area contributed by atoms with Crippen LogP contribution >= 0.6 is 0 Å². The lowest BCUT2D eigenvalue weighted by Crippen LogP contribution is -2.23. The lowest BCUT2D eigenvalue weighted by molar-refractivity contribution is -0.114. The van der Waals surface area contributed by atoms with Crippen molar-refractivity contribution in [3.63, 3.8) is 0 Å². The summed E-state index contributed by atoms with van der Waals surface area (Å²) in [6, 6.07) is 8.80. The second-order valence-corrected chi connectivity index (χ2v) is 4.01. The fraction of sp³-hybridized carbons (Fsp3) is 0.0714. The van der Waals surface area contributed by atoms with Crippen LogP contribution < -0.4 is 10.6 Å². The third-order valence-corrected chi connectivity index (χ3v) is 2.50. The van der Waals surface area contributed by atoms with Crippen molar-refractivity contribution in [3.8, 4) is 0 Å². The molecule has 20 heavy (non-hydrogen) atoms. The molecular weight excluding hydrogens is 269 g/mol. The summed E-state index contributed by atoms with van der Waals surface area (Å²) in [6.07, 6.45) is 0. The molecule has 6 heteroatoms. The summed E-state index contributed by atoms with van der Waals surface area (Å²) in [5, 5.41) is 4.77. The Labute approximate surface area is 113 Å². The van der Waals surface area contributed by atoms with E-state index in [-0.39, 0.29) is 6.54 Å². The first-order valence-electron chi connectivity index (χ1n) is 5.79. The highest BCUT2D eigenvalue weighted by Gasteiger charge is 2.11. The number of rotatable bonds is 4. The van der Waals surface area contributed by atoms with Gasteiger partial charge in [-0.05, 0) is 30.3 Å². The van der Waals surface area contributed by atoms with Crippen LogP contribution in [-0.2, 0) is 4.79 Å². The van der Waals surface area contributed by atoms with Gasteiger partial charge in [0.15, 0.2) is 0 Å². The number of halogens is 3. The van der Waals surface area contributed by atoms with Gasteiger partial charge in [0, 0.05) is 5.69 Å². The number of para-hydroxylation sites is 1. The van der Waals surface area contributed by atoms with Crippen LogP contribution in [0.1, 0.15) is 0 Å². The van der Waals surface area contributed by atoms with E-state index in [0.717, 1.165) is 12.1 Å². The highest BCUT2D eigenvalue weighted by atomic mass is 19.1. The summed E-state index contributed by atoms with van der Waals surface area (Å²) in [6.45, 7) is -0.239. The average Bonchev–Trinajstić information content (AvgIpc) is 2.41. The van der Waals surface area contributed by atoms with E-state index in [1.165, 1.54) is 24.3 Å². The van der Waals surface area contributed by atoms with E-state index in [0.29, 0.717) is 5.69 Å². The molecule has 0 heterocycles. The van der Waals surface area contributed by atoms with E-state index >= 15 is 0 Å². The van der Waals surface area contributed by atoms with Gasteiger partial charge in [0.2, 0.25) is 5.91 Å². The summed E-state index contributed by atoms with van der Waals surface area (Å²) in [4.78, 5) is 11.6. The van der Waals surface area contributed by atoms with Crippen LogP contribution in [0.3, 0.4) is 0 Å². The van der Waals surface area contributed by atoms with Crippen LogP contribution in [0, 0.1) is 17.5 Å². The topological polar surface area (TPSA) is 41.1 Å². The second kappa shape index (κ2) is 6.10. The Kier molecular flexibility index (Phi) is 4.24. The lowest BCUT2D eigenvalue weighted by Gasteiger charge is -2.09. The van der Waals surface area contributed by atoms with Gasteiger partial charge in [-0.25, -0.2) is 13.2 Å². The molecule has 2 aromatic carbocycles. The minimum absolute atomic E-state index is 0.239. The number of anilines is 2. The Morgan fingerprint density at radius 3 is 2.30 bits per heavy atom. The molecule has 0 unspecified atom stereocenters. The molecule has 1 amide bonds. The molecule has 0 aromatic heterocycles. The van der Waals surface area contributed by atoms with Gasteiger partial charge in [0.1, 0.15) is 23.1 Å². The molecule has 2 rings (SSSR count). The predicted octanol–water partition coefficient (Wildman–Crippen LogP) is 3.15. The Morgan fingerprint density at radius 2 is 1.65 bits per heavy atom. The molecule has 0 fully saturated rings. The number of carbonyl (C=O) groups excluding carboxylic acids is 1. The highest BCUT2D eigenvalue weighted by molar-refractivity contribution is 5.93. The molecule has 3 nitrogen and oxygen atoms in total. The van der Waals surface area contributed by atoms with E-state index in [2.05, 4.69) is 10.6 Å². The molecule has 0 atom stereocenters. The fourth-order valence-electron chi connectivity index (χ4n) is 1.58. The maximum absolute atomic E-state index is 13.3. The van der Waals surface area contributed by atoms with Gasteiger partial charge in [0.25, 0.3) is 0 Å². The van der Waals surface area contributed by atoms with Gasteiger partial charge in [-0.3, -0.25) is 4.79 Å². The van der Waals surface area contributed by atoms with Crippen LogP contribution in [0.15, 0.2) is 42.5 Å². The zero-order valence-electron chi connectivity index (χ0n) is 10.3. The van der Waals surface area contributed by atoms with Crippen LogP contribution in [0.2, 0.25) is 0 Å². The number of carbonyl (C=O) groups is 1. The van der Waals surface area contributed by atoms with E-state index < -0.39 is 29.0 Å². The molecule has 0 aliphatic heterocycles. The first-order valence-corrected chi connectivity index (χ1v) is 5.79. The standard InChI is InChI=1S/C14H11F3N2O/c15-9-3-1-4-10(7-9)18-8-13(20)19-14-11(16)5-2-6-12(14)17/h1-7,18H,8H2,(H,19,20). The van der Waals surface area contributed by atoms with Crippen LogP contribution in [0.4, 0.5) is 24.5 Å². The maximum Gasteiger partial charge on any atom is 0.243 e. The van der Waals surface area contributed by atoms with Gasteiger partial charge in [-0.2, -0.15) is 0 Å². The molecule has 2 aromatic rings. The molecular formula is C14H11F3N2O. The number of hydrogen-bond acceptors (Lipinski definition) is 2. The zero-order valence-corrected chi connectivity index (χ0v) is 10.3. The molecule has 0 bridgehead atoms. The van der Waals surface area contributed by atoms with Crippen molar-refractivity contribution in [1.29, 1.82) is 0 Å². The summed E-state index contributed by atoms with van der Waals surface area (Å²) < 4.78 is 39.5. The summed E-state index contributed by atoms with van der Waals surface area (Å²) in [7, 11) is 0. The fourth-order valence-corrected chi connectivity index (χ4v) is 1.58. The Hall–Kier alpha value is -2.50. The van der Waals surface area contributed by atoms with Crippen LogP contribution in [-0.4, -0.2) is 12.5 Å². The van der Waals surface area contributed by atoms with E-state index in [4.69, 9.17) is 0 Å². The molecule has 0 aliphatic carbocycles. The second-order valence-electron chi connectivity index (χ2n) is 4.01. The van der Waals surface area contributed by atoms with Crippen molar-refractivity contribution in [1.82, 2.24) is 0 Å². The number of amides is 1. The first kappa shape index (κ1) is 13.9. The predicted molar refractivity (Wildman–Crippen MR) is 69.9 cm³/mol. The molecule has 0 radical (unpaired) electrons. The number of benzene rings is 2. The monoisotopic (exact) mass is 280 g/mol. The molecule has 0 spiro atoms. The van der Waals surface area contributed by atoms with Gasteiger partial charge in [-0.15, -0.1) is 0 Å². The smallest absolute Gasteiger partial charge is 0.243 e. The van der Waals surface area contributed by atoms with E-state index in [1.807, 2.05) is 0 Å². The third-order valence-electron chi connectivity index (χ3n) is 2.50. The lowest BCUT2D eigenvalue weighted by atomic mass is 10.3. The quantitative estimate of drug-likeness (QED) is 0.903. The molecule has 0 saturated carbocycles. The first-order chi connectivity index (χ1) is 9.56. The van der Waals surface area contributed by atoms with Gasteiger partial charge < -0.3 is 10.6 Å². The maximum atomic E-state index is 13.3. The Balaban J connectivity index is 1.96. The minimum Gasteiger partial charge on any atom is -0.376 e. The van der Waals surface area contributed by atoms with Crippen molar-refractivity contribution in [3.05, 3.63) is 59.9 Å². The van der Waals surface area contributed by atoms with Crippen molar-refractivity contribution >= 4 is 17.3 Å². The molecule has 104 valence electrons. The Bertz CT molecular complexity index is 611. The minimum atomic E-state index is -0.857. The van der Waals surface area contributed by atoms with Crippen LogP contribution in [0.5, 0.6) is 0 Å². The van der Waals surface area contributed by atoms with Gasteiger partial charge >= 0.3 is 0 Å². The SMILES string of the molecule is O=C(CNc1cccc(F)c1)Nc1c(F)cccc1F. The van der Waals surface area contributed by atoms with E-state index in [1.54, 1.807) is 6.07 Å². The number of hydrogen-bond donors (Lipinski definition) is 2. The highest BCUT2D eigenvalue weighted by Crippen LogP contribution is 2.17. The molecule has 0 saturated heterocycles. The van der Waals surface area contributed by atoms with Gasteiger partial charge in [-0.1, -0.05) is 12.1 Å². The average molecular weight is 280 g/mol. The largest absolute Gasteiger partial charge is 0.376 e. The van der Waals surface area contributed by atoms with Crippen molar-refractivity contribution in [2.45, 2.75) is 0 Å². The molecule has 0 aliphatic rings. The van der Waals surface area contributed by atoms with Crippen molar-refractivity contribution in [2.24, 2.45) is 0 Å². The van der Waals surface area contributed by atoms with Gasteiger partial charge in [0.05, 0.1) is 6.54 Å². The summed E-state index contributed by atoms with van der Waals surface area (Å²) in [5.74, 6) is -2.80. The number of nitrogens with one attached hydrogen (secondary N) is 2. The van der Waals surface area contributed by atoms with Crippen molar-refractivity contribution < 1.29 is 18.0 Å². The Morgan fingerprint density at radius 1 is 1.00 bits per heavy atom. The van der Waals surface area contributed by atoms with E-state index in [9.17, 15) is 18.0 Å².